The van der Waals surface area contributed by atoms with Crippen molar-refractivity contribution >= 4 is 5.97 Å². The molecule has 0 fully saturated rings. The van der Waals surface area contributed by atoms with Crippen LogP contribution in [-0.4, -0.2) is 34.6 Å². The number of aliphatic carboxylic acids is 1. The second-order valence-corrected chi connectivity index (χ2v) is 1.95. The fraction of sp³-hybridized carbons (Fsp3) is 0.750. The van der Waals surface area contributed by atoms with Crippen LogP contribution in [0.1, 0.15) is 0 Å². The minimum atomic E-state index is -6.60. The summed E-state index contributed by atoms with van der Waals surface area (Å²) in [6.07, 6.45) is -6.60. The fourth-order valence-electron chi connectivity index (χ4n) is 0.312. The van der Waals surface area contributed by atoms with Gasteiger partial charge in [0.2, 0.25) is 0 Å². The maximum atomic E-state index is 11.8. The topological polar surface area (TPSA) is 68.8 Å². The van der Waals surface area contributed by atoms with Crippen LogP contribution in [0, 0.1) is 0 Å². The summed E-state index contributed by atoms with van der Waals surface area (Å²) < 4.78 is 80.5. The Morgan fingerprint density at radius 3 is 1.29 bits per heavy atom. The molecule has 14 heavy (non-hydrogen) atoms. The second-order valence-electron chi connectivity index (χ2n) is 1.95. The Balaban J connectivity index is 0. The van der Waals surface area contributed by atoms with Crippen molar-refractivity contribution in [2.24, 2.45) is 0 Å². The third-order valence-corrected chi connectivity index (χ3v) is 1.02. The molecule has 0 amide bonds. The third-order valence-electron chi connectivity index (χ3n) is 1.02. The number of carboxylic acids is 1. The summed E-state index contributed by atoms with van der Waals surface area (Å²) in [6, 6.07) is 0. The Bertz CT molecular complexity index is 219. The number of hydrogen-bond donors (Lipinski definition) is 1. The molecule has 0 aliphatic carbocycles. The van der Waals surface area contributed by atoms with Crippen molar-refractivity contribution < 1.29 is 46.1 Å². The first kappa shape index (κ1) is 15.4. The molecule has 86 valence electrons. The number of carboxylic acid groups (broad SMARTS) is 1. The van der Waals surface area contributed by atoms with Crippen molar-refractivity contribution in [3.8, 4) is 0 Å². The Hall–Kier alpha value is -1.06. The molecule has 0 spiro atoms. The summed E-state index contributed by atoms with van der Waals surface area (Å²) in [5.74, 6) is -16.3. The number of halogens is 7. The van der Waals surface area contributed by atoms with Gasteiger partial charge in [-0.2, -0.15) is 30.7 Å². The number of rotatable bonds is 2. The van der Waals surface area contributed by atoms with E-state index in [9.17, 15) is 35.5 Å². The van der Waals surface area contributed by atoms with E-state index in [-0.39, 0.29) is 5.48 Å². The van der Waals surface area contributed by atoms with E-state index in [2.05, 4.69) is 0 Å². The molecule has 0 heterocycles. The smallest absolute Gasteiger partial charge is 0.460 e. The predicted octanol–water partition coefficient (Wildman–Crippen LogP) is 1.08. The van der Waals surface area contributed by atoms with Gasteiger partial charge in [0.15, 0.2) is 0 Å². The lowest BCUT2D eigenvalue weighted by Crippen LogP contribution is -2.56. The van der Waals surface area contributed by atoms with Crippen molar-refractivity contribution in [2.75, 3.05) is 0 Å². The summed E-state index contributed by atoms with van der Waals surface area (Å²) in [5, 5.41) is 7.41. The van der Waals surface area contributed by atoms with Crippen LogP contribution >= 0.6 is 0 Å². The summed E-state index contributed by atoms with van der Waals surface area (Å²) in [5.41, 5.74) is 0. The van der Waals surface area contributed by atoms with Crippen LogP contribution in [0.2, 0.25) is 0 Å². The molecule has 0 saturated heterocycles. The van der Waals surface area contributed by atoms with Gasteiger partial charge in [0.05, 0.1) is 0 Å². The first-order valence-electron chi connectivity index (χ1n) is 2.50. The van der Waals surface area contributed by atoms with Gasteiger partial charge in [0.1, 0.15) is 0 Å². The molecule has 0 aromatic carbocycles. The molecule has 0 unspecified atom stereocenters. The fourth-order valence-corrected chi connectivity index (χ4v) is 0.312. The molecule has 0 rings (SSSR count). The maximum Gasteiger partial charge on any atom is 0.460 e. The first-order chi connectivity index (χ1) is 5.44. The van der Waals surface area contributed by atoms with Crippen molar-refractivity contribution in [3.05, 3.63) is 0 Å². The second kappa shape index (κ2) is 3.59. The van der Waals surface area contributed by atoms with Crippen molar-refractivity contribution in [1.29, 1.82) is 0 Å². The molecule has 0 bridgehead atoms. The molecule has 10 heteroatoms. The van der Waals surface area contributed by atoms with Crippen LogP contribution in [0.3, 0.4) is 0 Å². The monoisotopic (exact) mass is 232 g/mol. The Kier molecular flexibility index (Phi) is 3.96. The molecular formula is C4H3F7O3. The average molecular weight is 232 g/mol. The molecular weight excluding hydrogens is 229 g/mol. The minimum Gasteiger partial charge on any atom is -0.477 e. The van der Waals surface area contributed by atoms with Gasteiger partial charge >= 0.3 is 24.0 Å². The minimum absolute atomic E-state index is 0. The third kappa shape index (κ3) is 2.05. The molecule has 0 atom stereocenters. The molecule has 0 aliphatic rings. The van der Waals surface area contributed by atoms with Gasteiger partial charge in [-0.15, -0.1) is 0 Å². The largest absolute Gasteiger partial charge is 0.477 e. The van der Waals surface area contributed by atoms with E-state index < -0.39 is 24.0 Å². The highest BCUT2D eigenvalue weighted by atomic mass is 19.4. The summed E-state index contributed by atoms with van der Waals surface area (Å²) >= 11 is 0. The highest BCUT2D eigenvalue weighted by Crippen LogP contribution is 2.46. The van der Waals surface area contributed by atoms with E-state index in [4.69, 9.17) is 5.11 Å². The molecule has 0 radical (unpaired) electrons. The lowest BCUT2D eigenvalue weighted by molar-refractivity contribution is -0.347. The SMILES string of the molecule is O.O=C(O)C(F)(F)C(F)(F)C(F)(F)F. The van der Waals surface area contributed by atoms with Gasteiger partial charge in [-0.1, -0.05) is 0 Å². The maximum absolute atomic E-state index is 11.8. The Morgan fingerprint density at radius 2 is 1.21 bits per heavy atom. The molecule has 0 saturated carbocycles. The quantitative estimate of drug-likeness (QED) is 0.723. The van der Waals surface area contributed by atoms with Gasteiger partial charge in [0.25, 0.3) is 0 Å². The normalized spacial score (nSPS) is 13.4. The van der Waals surface area contributed by atoms with Crippen molar-refractivity contribution in [2.45, 2.75) is 18.0 Å². The van der Waals surface area contributed by atoms with Gasteiger partial charge < -0.3 is 10.6 Å². The zero-order valence-corrected chi connectivity index (χ0v) is 6.00. The van der Waals surface area contributed by atoms with Crippen LogP contribution in [0.5, 0.6) is 0 Å². The van der Waals surface area contributed by atoms with E-state index in [0.717, 1.165) is 0 Å². The summed E-state index contributed by atoms with van der Waals surface area (Å²) in [4.78, 5) is 9.38. The number of carbonyl (C=O) groups is 1. The van der Waals surface area contributed by atoms with E-state index in [1.807, 2.05) is 0 Å². The highest BCUT2D eigenvalue weighted by Gasteiger charge is 2.76. The Labute approximate surface area is 71.4 Å². The summed E-state index contributed by atoms with van der Waals surface area (Å²) in [6.45, 7) is 0. The van der Waals surface area contributed by atoms with E-state index in [1.54, 1.807) is 0 Å². The van der Waals surface area contributed by atoms with Gasteiger partial charge in [-0.3, -0.25) is 0 Å². The zero-order chi connectivity index (χ0) is 11.1. The molecule has 0 aromatic heterocycles. The zero-order valence-electron chi connectivity index (χ0n) is 6.00. The number of hydrogen-bond acceptors (Lipinski definition) is 1. The van der Waals surface area contributed by atoms with E-state index in [0.29, 0.717) is 0 Å². The standard InChI is InChI=1S/C4HF7O2.H2O/c5-2(6,1(12)13)3(7,8)4(9,10)11;/h(H,12,13);1H2. The van der Waals surface area contributed by atoms with Crippen LogP contribution in [0.25, 0.3) is 0 Å². The highest BCUT2D eigenvalue weighted by molar-refractivity contribution is 5.76. The van der Waals surface area contributed by atoms with Crippen LogP contribution in [0.4, 0.5) is 30.7 Å². The van der Waals surface area contributed by atoms with Crippen molar-refractivity contribution in [1.82, 2.24) is 0 Å². The number of alkyl halides is 7. The predicted molar refractivity (Wildman–Crippen MR) is 27.2 cm³/mol. The lowest BCUT2D eigenvalue weighted by atomic mass is 10.1. The van der Waals surface area contributed by atoms with E-state index in [1.165, 1.54) is 0 Å². The molecule has 3 N–H and O–H groups in total. The Morgan fingerprint density at radius 1 is 0.929 bits per heavy atom. The van der Waals surface area contributed by atoms with Crippen LogP contribution in [0.15, 0.2) is 0 Å². The van der Waals surface area contributed by atoms with Crippen LogP contribution in [-0.2, 0) is 4.79 Å². The van der Waals surface area contributed by atoms with Gasteiger partial charge in [0, 0.05) is 0 Å². The van der Waals surface area contributed by atoms with Crippen molar-refractivity contribution in [3.63, 3.8) is 0 Å². The average Bonchev–Trinajstić information content (AvgIpc) is 1.84. The lowest BCUT2D eigenvalue weighted by Gasteiger charge is -2.24. The van der Waals surface area contributed by atoms with E-state index >= 15 is 0 Å². The van der Waals surface area contributed by atoms with Gasteiger partial charge in [-0.05, 0) is 0 Å². The first-order valence-corrected chi connectivity index (χ1v) is 2.50. The van der Waals surface area contributed by atoms with Gasteiger partial charge in [-0.25, -0.2) is 4.79 Å². The molecule has 0 aromatic rings. The van der Waals surface area contributed by atoms with Crippen LogP contribution < -0.4 is 0 Å². The summed E-state index contributed by atoms with van der Waals surface area (Å²) in [7, 11) is 0. The molecule has 0 aliphatic heterocycles. The molecule has 3 nitrogen and oxygen atoms in total.